The van der Waals surface area contributed by atoms with E-state index in [1.807, 2.05) is 13.8 Å². The highest BCUT2D eigenvalue weighted by atomic mass is 35.5. The average molecular weight is 246 g/mol. The fraction of sp³-hybridized carbons (Fsp3) is 0.600. The maximum atomic E-state index is 8.50. The standard InChI is InChI=1S/C10H13Cl2N3/c1-7(2)9-8(6-11)10(12)15(14-9)5-3-4-13/h7H,3,5-6H2,1-2H3. The van der Waals surface area contributed by atoms with E-state index in [1.54, 1.807) is 4.68 Å². The fourth-order valence-electron chi connectivity index (χ4n) is 1.39. The number of aryl methyl sites for hydroxylation is 1. The highest BCUT2D eigenvalue weighted by Gasteiger charge is 2.17. The van der Waals surface area contributed by atoms with Gasteiger partial charge in [0.05, 0.1) is 30.6 Å². The largest absolute Gasteiger partial charge is 0.252 e. The molecule has 1 heterocycles. The van der Waals surface area contributed by atoms with Gasteiger partial charge in [0.2, 0.25) is 0 Å². The summed E-state index contributed by atoms with van der Waals surface area (Å²) in [6.07, 6.45) is 0.403. The summed E-state index contributed by atoms with van der Waals surface area (Å²) in [6.45, 7) is 4.61. The van der Waals surface area contributed by atoms with E-state index in [-0.39, 0.29) is 0 Å². The summed E-state index contributed by atoms with van der Waals surface area (Å²) in [5, 5.41) is 13.4. The van der Waals surface area contributed by atoms with Crippen molar-refractivity contribution in [3.8, 4) is 6.07 Å². The third kappa shape index (κ3) is 2.64. The van der Waals surface area contributed by atoms with Gasteiger partial charge < -0.3 is 0 Å². The Hall–Kier alpha value is -0.720. The van der Waals surface area contributed by atoms with Gasteiger partial charge in [-0.15, -0.1) is 11.6 Å². The number of alkyl halides is 1. The van der Waals surface area contributed by atoms with Crippen LogP contribution in [0, 0.1) is 11.3 Å². The second-order valence-corrected chi connectivity index (χ2v) is 4.20. The van der Waals surface area contributed by atoms with Crippen LogP contribution in [0.25, 0.3) is 0 Å². The minimum Gasteiger partial charge on any atom is -0.252 e. The monoisotopic (exact) mass is 245 g/mol. The lowest BCUT2D eigenvalue weighted by molar-refractivity contribution is 0.610. The summed E-state index contributed by atoms with van der Waals surface area (Å²) < 4.78 is 1.65. The van der Waals surface area contributed by atoms with Crippen LogP contribution in [0.3, 0.4) is 0 Å². The molecule has 5 heteroatoms. The maximum absolute atomic E-state index is 8.50. The highest BCUT2D eigenvalue weighted by Crippen LogP contribution is 2.27. The van der Waals surface area contributed by atoms with E-state index in [1.165, 1.54) is 0 Å². The molecule has 0 aromatic carbocycles. The highest BCUT2D eigenvalue weighted by molar-refractivity contribution is 6.31. The zero-order valence-electron chi connectivity index (χ0n) is 8.80. The summed E-state index contributed by atoms with van der Waals surface area (Å²) in [7, 11) is 0. The SMILES string of the molecule is CC(C)c1nn(CCC#N)c(Cl)c1CCl. The molecule has 0 aliphatic rings. The zero-order chi connectivity index (χ0) is 11.4. The number of rotatable bonds is 4. The van der Waals surface area contributed by atoms with Crippen LogP contribution in [0.15, 0.2) is 0 Å². The first-order chi connectivity index (χ1) is 7.11. The van der Waals surface area contributed by atoms with E-state index < -0.39 is 0 Å². The van der Waals surface area contributed by atoms with E-state index >= 15 is 0 Å². The Labute approximate surface area is 99.6 Å². The van der Waals surface area contributed by atoms with E-state index in [9.17, 15) is 0 Å². The maximum Gasteiger partial charge on any atom is 0.131 e. The van der Waals surface area contributed by atoms with Gasteiger partial charge in [-0.25, -0.2) is 0 Å². The van der Waals surface area contributed by atoms with Crippen molar-refractivity contribution in [2.75, 3.05) is 0 Å². The summed E-state index contributed by atoms with van der Waals surface area (Å²) in [5.74, 6) is 0.651. The molecule has 0 N–H and O–H groups in total. The van der Waals surface area contributed by atoms with Crippen LogP contribution in [-0.2, 0) is 12.4 Å². The summed E-state index contributed by atoms with van der Waals surface area (Å²) >= 11 is 11.9. The molecule has 1 aromatic rings. The van der Waals surface area contributed by atoms with Crippen LogP contribution in [-0.4, -0.2) is 9.78 Å². The topological polar surface area (TPSA) is 41.6 Å². The average Bonchev–Trinajstić information content (AvgIpc) is 2.52. The molecule has 1 rings (SSSR count). The Balaban J connectivity index is 3.05. The molecule has 0 aliphatic carbocycles. The van der Waals surface area contributed by atoms with E-state index in [0.717, 1.165) is 11.3 Å². The molecule has 0 radical (unpaired) electrons. The normalized spacial score (nSPS) is 10.7. The number of nitrogens with zero attached hydrogens (tertiary/aromatic N) is 3. The van der Waals surface area contributed by atoms with Gasteiger partial charge in [0.15, 0.2) is 0 Å². The number of nitriles is 1. The lowest BCUT2D eigenvalue weighted by Gasteiger charge is -2.01. The van der Waals surface area contributed by atoms with Gasteiger partial charge in [-0.3, -0.25) is 4.68 Å². The van der Waals surface area contributed by atoms with Gasteiger partial charge in [-0.1, -0.05) is 25.4 Å². The summed E-state index contributed by atoms with van der Waals surface area (Å²) in [6, 6.07) is 2.07. The van der Waals surface area contributed by atoms with E-state index in [2.05, 4.69) is 11.2 Å². The van der Waals surface area contributed by atoms with Crippen molar-refractivity contribution in [3.63, 3.8) is 0 Å². The summed E-state index contributed by atoms with van der Waals surface area (Å²) in [5.41, 5.74) is 1.80. The number of hydrogen-bond donors (Lipinski definition) is 0. The molecule has 1 aromatic heterocycles. The second-order valence-electron chi connectivity index (χ2n) is 3.57. The van der Waals surface area contributed by atoms with Crippen molar-refractivity contribution in [2.45, 2.75) is 38.6 Å². The Kier molecular flexibility index (Phi) is 4.44. The first-order valence-corrected chi connectivity index (χ1v) is 5.71. The van der Waals surface area contributed by atoms with Crippen LogP contribution in [0.4, 0.5) is 0 Å². The Morgan fingerprint density at radius 1 is 1.53 bits per heavy atom. The molecular weight excluding hydrogens is 233 g/mol. The van der Waals surface area contributed by atoms with Gasteiger partial charge in [-0.05, 0) is 5.92 Å². The zero-order valence-corrected chi connectivity index (χ0v) is 10.3. The Bertz CT molecular complexity index is 377. The predicted octanol–water partition coefficient (Wildman–Crippen LogP) is 3.31. The van der Waals surface area contributed by atoms with Crippen LogP contribution in [0.5, 0.6) is 0 Å². The molecule has 0 aliphatic heterocycles. The van der Waals surface area contributed by atoms with Crippen LogP contribution < -0.4 is 0 Å². The number of halogens is 2. The molecular formula is C10H13Cl2N3. The first-order valence-electron chi connectivity index (χ1n) is 4.79. The van der Waals surface area contributed by atoms with Gasteiger partial charge in [0, 0.05) is 5.56 Å². The molecule has 0 unspecified atom stereocenters. The second kappa shape index (κ2) is 5.39. The quantitative estimate of drug-likeness (QED) is 0.764. The minimum absolute atomic E-state index is 0.291. The smallest absolute Gasteiger partial charge is 0.131 e. The lowest BCUT2D eigenvalue weighted by Crippen LogP contribution is -2.00. The van der Waals surface area contributed by atoms with Crippen LogP contribution >= 0.6 is 23.2 Å². The molecule has 15 heavy (non-hydrogen) atoms. The molecule has 0 atom stereocenters. The van der Waals surface area contributed by atoms with Crippen molar-refractivity contribution in [1.82, 2.24) is 9.78 Å². The number of hydrogen-bond acceptors (Lipinski definition) is 2. The van der Waals surface area contributed by atoms with Crippen LogP contribution in [0.1, 0.15) is 37.4 Å². The first kappa shape index (κ1) is 12.4. The molecule has 82 valence electrons. The molecule has 0 fully saturated rings. The van der Waals surface area contributed by atoms with Crippen molar-refractivity contribution in [1.29, 1.82) is 5.26 Å². The Morgan fingerprint density at radius 3 is 2.60 bits per heavy atom. The van der Waals surface area contributed by atoms with Gasteiger partial charge >= 0.3 is 0 Å². The van der Waals surface area contributed by atoms with Crippen LogP contribution in [0.2, 0.25) is 5.15 Å². The van der Waals surface area contributed by atoms with Gasteiger partial charge in [0.25, 0.3) is 0 Å². The minimum atomic E-state index is 0.291. The third-order valence-electron chi connectivity index (χ3n) is 2.13. The fourth-order valence-corrected chi connectivity index (χ4v) is 2.01. The molecule has 0 spiro atoms. The summed E-state index contributed by atoms with van der Waals surface area (Å²) in [4.78, 5) is 0. The van der Waals surface area contributed by atoms with E-state index in [0.29, 0.717) is 29.9 Å². The van der Waals surface area contributed by atoms with Crippen molar-refractivity contribution in [3.05, 3.63) is 16.4 Å². The lowest BCUT2D eigenvalue weighted by atomic mass is 10.1. The van der Waals surface area contributed by atoms with Gasteiger partial charge in [0.1, 0.15) is 5.15 Å². The molecule has 3 nitrogen and oxygen atoms in total. The van der Waals surface area contributed by atoms with Gasteiger partial charge in [-0.2, -0.15) is 10.4 Å². The van der Waals surface area contributed by atoms with E-state index in [4.69, 9.17) is 28.5 Å². The van der Waals surface area contributed by atoms with Crippen molar-refractivity contribution in [2.24, 2.45) is 0 Å². The molecule has 0 bridgehead atoms. The number of aromatic nitrogens is 2. The molecule has 0 saturated heterocycles. The van der Waals surface area contributed by atoms with Crippen molar-refractivity contribution >= 4 is 23.2 Å². The molecule has 0 amide bonds. The third-order valence-corrected chi connectivity index (χ3v) is 2.82. The van der Waals surface area contributed by atoms with Crippen molar-refractivity contribution < 1.29 is 0 Å². The predicted molar refractivity (Wildman–Crippen MR) is 61.1 cm³/mol. The Morgan fingerprint density at radius 2 is 2.20 bits per heavy atom. The molecule has 0 saturated carbocycles.